The molecule has 7 nitrogen and oxygen atoms in total. The van der Waals surface area contributed by atoms with Gasteiger partial charge in [0.05, 0.1) is 14.2 Å². The fourth-order valence-electron chi connectivity index (χ4n) is 4.97. The minimum Gasteiger partial charge on any atom is -0.493 e. The lowest BCUT2D eigenvalue weighted by atomic mass is 9.65. The fraction of sp³-hybridized carbons (Fsp3) is 0.636. The number of benzene rings is 1. The predicted octanol–water partition coefficient (Wildman–Crippen LogP) is 3.00. The molecule has 1 heterocycles. The van der Waals surface area contributed by atoms with Gasteiger partial charge in [0, 0.05) is 30.7 Å². The number of hydrogen-bond acceptors (Lipinski definition) is 6. The topological polar surface area (TPSA) is 85.3 Å². The van der Waals surface area contributed by atoms with Crippen LogP contribution in [0.2, 0.25) is 0 Å². The Kier molecular flexibility index (Phi) is 6.67. The van der Waals surface area contributed by atoms with Gasteiger partial charge >= 0.3 is 11.9 Å². The second-order valence-corrected chi connectivity index (χ2v) is 8.11. The van der Waals surface area contributed by atoms with E-state index in [2.05, 4.69) is 24.1 Å². The molecule has 2 aliphatic rings. The summed E-state index contributed by atoms with van der Waals surface area (Å²) in [5.74, 6) is 0.275. The summed E-state index contributed by atoms with van der Waals surface area (Å²) in [7, 11) is 5.42. The highest BCUT2D eigenvalue weighted by Gasteiger charge is 2.51. The normalized spacial score (nSPS) is 26.6. The van der Waals surface area contributed by atoms with Crippen molar-refractivity contribution in [3.8, 4) is 11.5 Å². The molecule has 160 valence electrons. The SMILES string of the molecule is COc1ccc([C@@]23CC[C@@H](OC(=O)CCCC(=O)O)C[C@@H]2N(C)CC3)cc1OC. The molecule has 0 aromatic heterocycles. The van der Waals surface area contributed by atoms with Gasteiger partial charge in [0.1, 0.15) is 6.10 Å². The van der Waals surface area contributed by atoms with Crippen molar-refractivity contribution in [1.29, 1.82) is 0 Å². The minimum absolute atomic E-state index is 0.00641. The molecule has 1 aliphatic carbocycles. The molecule has 0 bridgehead atoms. The lowest BCUT2D eigenvalue weighted by molar-refractivity contribution is -0.152. The van der Waals surface area contributed by atoms with Crippen LogP contribution in [0.3, 0.4) is 0 Å². The zero-order valence-corrected chi connectivity index (χ0v) is 17.5. The van der Waals surface area contributed by atoms with Crippen molar-refractivity contribution in [2.24, 2.45) is 0 Å². The Balaban J connectivity index is 1.71. The number of carbonyl (C=O) groups is 2. The Morgan fingerprint density at radius 1 is 1.17 bits per heavy atom. The lowest BCUT2D eigenvalue weighted by Gasteiger charge is -2.44. The number of hydrogen-bond donors (Lipinski definition) is 1. The molecule has 3 atom stereocenters. The zero-order valence-electron chi connectivity index (χ0n) is 17.5. The summed E-state index contributed by atoms with van der Waals surface area (Å²) in [4.78, 5) is 25.1. The molecule has 3 rings (SSSR count). The number of likely N-dealkylation sites (N-methyl/N-ethyl adjacent to an activating group) is 1. The minimum atomic E-state index is -0.886. The number of likely N-dealkylation sites (tertiary alicyclic amines) is 1. The summed E-state index contributed by atoms with van der Waals surface area (Å²) in [5, 5.41) is 8.71. The molecule has 1 aromatic carbocycles. The second-order valence-electron chi connectivity index (χ2n) is 8.11. The van der Waals surface area contributed by atoms with E-state index >= 15 is 0 Å². The van der Waals surface area contributed by atoms with E-state index in [1.54, 1.807) is 14.2 Å². The van der Waals surface area contributed by atoms with Crippen LogP contribution in [-0.4, -0.2) is 61.9 Å². The summed E-state index contributed by atoms with van der Waals surface area (Å²) < 4.78 is 16.6. The van der Waals surface area contributed by atoms with E-state index in [0.717, 1.165) is 43.7 Å². The van der Waals surface area contributed by atoms with E-state index < -0.39 is 5.97 Å². The number of aliphatic carboxylic acids is 1. The highest BCUT2D eigenvalue weighted by Crippen LogP contribution is 2.50. The van der Waals surface area contributed by atoms with Crippen LogP contribution in [0.25, 0.3) is 0 Å². The molecule has 0 radical (unpaired) electrons. The van der Waals surface area contributed by atoms with Gasteiger partial charge in [-0.15, -0.1) is 0 Å². The summed E-state index contributed by atoms with van der Waals surface area (Å²) in [6, 6.07) is 6.47. The van der Waals surface area contributed by atoms with Crippen LogP contribution in [0.4, 0.5) is 0 Å². The molecule has 0 spiro atoms. The Morgan fingerprint density at radius 3 is 2.62 bits per heavy atom. The third-order valence-corrected chi connectivity index (χ3v) is 6.51. The molecule has 1 saturated carbocycles. The Morgan fingerprint density at radius 2 is 1.93 bits per heavy atom. The van der Waals surface area contributed by atoms with Crippen LogP contribution in [0.1, 0.15) is 50.5 Å². The molecule has 0 unspecified atom stereocenters. The quantitative estimate of drug-likeness (QED) is 0.666. The van der Waals surface area contributed by atoms with Crippen molar-refractivity contribution in [3.63, 3.8) is 0 Å². The number of carboxylic acid groups (broad SMARTS) is 1. The molecule has 7 heteroatoms. The van der Waals surface area contributed by atoms with Gasteiger partial charge in [-0.25, -0.2) is 0 Å². The average Bonchev–Trinajstić information content (AvgIpc) is 3.04. The molecular weight excluding hydrogens is 374 g/mol. The van der Waals surface area contributed by atoms with E-state index in [1.807, 2.05) is 6.07 Å². The first kappa shape index (κ1) is 21.4. The Bertz CT molecular complexity index is 751. The maximum absolute atomic E-state index is 12.1. The van der Waals surface area contributed by atoms with Crippen LogP contribution in [-0.2, 0) is 19.7 Å². The third-order valence-electron chi connectivity index (χ3n) is 6.51. The van der Waals surface area contributed by atoms with Crippen molar-refractivity contribution < 1.29 is 28.9 Å². The first-order valence-electron chi connectivity index (χ1n) is 10.2. The Labute approximate surface area is 171 Å². The van der Waals surface area contributed by atoms with Crippen molar-refractivity contribution in [2.75, 3.05) is 27.8 Å². The molecule has 1 N–H and O–H groups in total. The van der Waals surface area contributed by atoms with Crippen molar-refractivity contribution >= 4 is 11.9 Å². The van der Waals surface area contributed by atoms with E-state index in [1.165, 1.54) is 5.56 Å². The van der Waals surface area contributed by atoms with E-state index in [4.69, 9.17) is 19.3 Å². The van der Waals surface area contributed by atoms with Gasteiger partial charge in [-0.3, -0.25) is 9.59 Å². The summed E-state index contributed by atoms with van der Waals surface area (Å²) >= 11 is 0. The van der Waals surface area contributed by atoms with Crippen LogP contribution in [0, 0.1) is 0 Å². The number of esters is 1. The van der Waals surface area contributed by atoms with Crippen molar-refractivity contribution in [3.05, 3.63) is 23.8 Å². The fourth-order valence-corrected chi connectivity index (χ4v) is 4.97. The maximum atomic E-state index is 12.1. The number of ether oxygens (including phenoxy) is 3. The van der Waals surface area contributed by atoms with Crippen LogP contribution < -0.4 is 9.47 Å². The summed E-state index contributed by atoms with van der Waals surface area (Å²) in [5.41, 5.74) is 1.26. The van der Waals surface area contributed by atoms with Gasteiger partial charge < -0.3 is 24.2 Å². The monoisotopic (exact) mass is 405 g/mol. The largest absolute Gasteiger partial charge is 0.493 e. The van der Waals surface area contributed by atoms with Gasteiger partial charge in [0.25, 0.3) is 0 Å². The van der Waals surface area contributed by atoms with Gasteiger partial charge in [-0.2, -0.15) is 0 Å². The number of carboxylic acids is 1. The van der Waals surface area contributed by atoms with Crippen LogP contribution in [0.15, 0.2) is 18.2 Å². The van der Waals surface area contributed by atoms with Gasteiger partial charge in [0.15, 0.2) is 11.5 Å². The lowest BCUT2D eigenvalue weighted by Crippen LogP contribution is -2.48. The summed E-state index contributed by atoms with van der Waals surface area (Å²) in [6.45, 7) is 0.998. The van der Waals surface area contributed by atoms with E-state index in [0.29, 0.717) is 6.42 Å². The molecule has 0 amide bonds. The molecular formula is C22H31NO6. The smallest absolute Gasteiger partial charge is 0.306 e. The number of fused-ring (bicyclic) bond motifs is 1. The number of carbonyl (C=O) groups excluding carboxylic acids is 1. The maximum Gasteiger partial charge on any atom is 0.306 e. The van der Waals surface area contributed by atoms with Crippen molar-refractivity contribution in [2.45, 2.75) is 62.5 Å². The van der Waals surface area contributed by atoms with Crippen LogP contribution in [0.5, 0.6) is 11.5 Å². The molecule has 2 fully saturated rings. The number of nitrogens with zero attached hydrogens (tertiary/aromatic N) is 1. The van der Waals surface area contributed by atoms with Crippen molar-refractivity contribution in [1.82, 2.24) is 4.90 Å². The highest BCUT2D eigenvalue weighted by atomic mass is 16.5. The highest BCUT2D eigenvalue weighted by molar-refractivity contribution is 5.71. The third kappa shape index (κ3) is 4.50. The number of rotatable bonds is 8. The van der Waals surface area contributed by atoms with E-state index in [-0.39, 0.29) is 36.4 Å². The predicted molar refractivity (Wildman–Crippen MR) is 107 cm³/mol. The molecule has 1 saturated heterocycles. The van der Waals surface area contributed by atoms with Crippen LogP contribution >= 0.6 is 0 Å². The number of methoxy groups -OCH3 is 2. The molecule has 1 aliphatic heterocycles. The van der Waals surface area contributed by atoms with Gasteiger partial charge in [-0.1, -0.05) is 6.07 Å². The van der Waals surface area contributed by atoms with E-state index in [9.17, 15) is 9.59 Å². The standard InChI is InChI=1S/C22H31NO6/c1-23-12-11-22(15-7-8-17(27-2)18(13-15)28-3)10-9-16(14-19(22)23)29-21(26)6-4-5-20(24)25/h7-8,13,16,19H,4-6,9-12,14H2,1-3H3,(H,24,25)/t16-,19+,22+/m1/s1. The van der Waals surface area contributed by atoms with Gasteiger partial charge in [-0.05, 0) is 57.0 Å². The van der Waals surface area contributed by atoms with Gasteiger partial charge in [0.2, 0.25) is 0 Å². The Hall–Kier alpha value is -2.28. The zero-order chi connectivity index (χ0) is 21.0. The summed E-state index contributed by atoms with van der Waals surface area (Å²) in [6.07, 6.45) is 3.94. The molecule has 29 heavy (non-hydrogen) atoms. The molecule has 1 aromatic rings. The average molecular weight is 405 g/mol. The first-order chi connectivity index (χ1) is 13.9. The first-order valence-corrected chi connectivity index (χ1v) is 10.2. The second kappa shape index (κ2) is 9.03.